The molecule has 6 heteroatoms. The van der Waals surface area contributed by atoms with Gasteiger partial charge in [-0.25, -0.2) is 4.98 Å². The predicted molar refractivity (Wildman–Crippen MR) is 136 cm³/mol. The van der Waals surface area contributed by atoms with Gasteiger partial charge in [0, 0.05) is 25.5 Å². The molecule has 34 heavy (non-hydrogen) atoms. The standard InChI is InChI=1S/C28H29N5O/c1-4-6-26-13-24(11-12-25(26)5-2)15-29-28(34)27-19-32(20-30-27)17-22-7-9-23(10-8-22)18-33-16-21(3)14-31-33/h4-14,16,19-20H,1,15,17-18H2,2-3H3,(H,29,34)/b25-5-,26-6-. The molecule has 0 saturated carbocycles. The number of nitrogens with one attached hydrogen (secondary N) is 1. The van der Waals surface area contributed by atoms with E-state index in [0.717, 1.165) is 33.7 Å². The zero-order valence-electron chi connectivity index (χ0n) is 19.6. The van der Waals surface area contributed by atoms with Gasteiger partial charge in [0.15, 0.2) is 0 Å². The number of allylic oxidation sites excluding steroid dienone is 1. The summed E-state index contributed by atoms with van der Waals surface area (Å²) in [5.74, 6) is -0.191. The van der Waals surface area contributed by atoms with E-state index in [0.29, 0.717) is 18.8 Å². The molecule has 0 spiro atoms. The topological polar surface area (TPSA) is 64.7 Å². The number of hydrogen-bond acceptors (Lipinski definition) is 3. The van der Waals surface area contributed by atoms with Crippen molar-refractivity contribution in [3.05, 3.63) is 118 Å². The molecule has 0 aliphatic heterocycles. The fraction of sp³-hybridized carbons (Fsp3) is 0.179. The van der Waals surface area contributed by atoms with Crippen LogP contribution in [0.5, 0.6) is 0 Å². The van der Waals surface area contributed by atoms with E-state index >= 15 is 0 Å². The first-order chi connectivity index (χ1) is 16.5. The number of aromatic nitrogens is 4. The van der Waals surface area contributed by atoms with Gasteiger partial charge < -0.3 is 9.88 Å². The quantitative estimate of drug-likeness (QED) is 0.448. The molecule has 2 heterocycles. The van der Waals surface area contributed by atoms with E-state index in [1.807, 2.05) is 53.7 Å². The second kappa shape index (κ2) is 10.6. The van der Waals surface area contributed by atoms with Gasteiger partial charge in [-0.3, -0.25) is 9.48 Å². The fourth-order valence-corrected chi connectivity index (χ4v) is 3.81. The first kappa shape index (κ1) is 23.0. The van der Waals surface area contributed by atoms with Gasteiger partial charge in [0.2, 0.25) is 0 Å². The summed E-state index contributed by atoms with van der Waals surface area (Å²) >= 11 is 0. The average Bonchev–Trinajstić information content (AvgIpc) is 3.48. The number of imidazole rings is 1. The molecule has 2 aromatic heterocycles. The number of amides is 1. The average molecular weight is 452 g/mol. The van der Waals surface area contributed by atoms with Gasteiger partial charge in [-0.05, 0) is 52.6 Å². The van der Waals surface area contributed by atoms with Crippen LogP contribution in [-0.4, -0.2) is 25.2 Å². The number of nitrogens with zero attached hydrogens (tertiary/aromatic N) is 4. The Balaban J connectivity index is 1.35. The SMILES string of the molecule is C=C/C=c1/cc(CNC(=O)c2cn(Cc3ccc(Cn4cc(C)cn4)cc3)cn2)cc/c1=C/C. The van der Waals surface area contributed by atoms with E-state index in [9.17, 15) is 4.79 Å². The van der Waals surface area contributed by atoms with Crippen LogP contribution in [0.2, 0.25) is 0 Å². The van der Waals surface area contributed by atoms with Gasteiger partial charge in [-0.15, -0.1) is 0 Å². The van der Waals surface area contributed by atoms with Crippen molar-refractivity contribution in [3.8, 4) is 0 Å². The molecule has 1 amide bonds. The zero-order chi connectivity index (χ0) is 23.9. The molecule has 0 radical (unpaired) electrons. The number of rotatable bonds is 8. The Bertz CT molecular complexity index is 1410. The molecule has 0 aliphatic carbocycles. The lowest BCUT2D eigenvalue weighted by Gasteiger charge is -2.06. The molecule has 2 aromatic carbocycles. The summed E-state index contributed by atoms with van der Waals surface area (Å²) in [6.07, 6.45) is 13.2. The molecule has 0 fully saturated rings. The monoisotopic (exact) mass is 451 g/mol. The second-order valence-corrected chi connectivity index (χ2v) is 8.30. The molecule has 172 valence electrons. The lowest BCUT2D eigenvalue weighted by Crippen LogP contribution is -2.27. The number of aryl methyl sites for hydroxylation is 1. The van der Waals surface area contributed by atoms with Gasteiger partial charge in [0.05, 0.1) is 19.1 Å². The largest absolute Gasteiger partial charge is 0.347 e. The molecule has 0 aliphatic rings. The minimum Gasteiger partial charge on any atom is -0.347 e. The number of carbonyl (C=O) groups is 1. The van der Waals surface area contributed by atoms with Crippen LogP contribution in [0.4, 0.5) is 0 Å². The summed E-state index contributed by atoms with van der Waals surface area (Å²) < 4.78 is 3.85. The summed E-state index contributed by atoms with van der Waals surface area (Å²) in [6, 6.07) is 14.5. The van der Waals surface area contributed by atoms with Crippen molar-refractivity contribution in [2.24, 2.45) is 0 Å². The van der Waals surface area contributed by atoms with Crippen LogP contribution in [0.25, 0.3) is 12.2 Å². The summed E-state index contributed by atoms with van der Waals surface area (Å²) in [5.41, 5.74) is 4.92. The van der Waals surface area contributed by atoms with Gasteiger partial charge in [-0.1, -0.05) is 61.2 Å². The Morgan fingerprint density at radius 2 is 1.76 bits per heavy atom. The third kappa shape index (κ3) is 5.78. The molecule has 1 N–H and O–H groups in total. The Hall–Kier alpha value is -4.19. The van der Waals surface area contributed by atoms with Gasteiger partial charge in [0.25, 0.3) is 5.91 Å². The van der Waals surface area contributed by atoms with E-state index < -0.39 is 0 Å². The van der Waals surface area contributed by atoms with Crippen LogP contribution in [-0.2, 0) is 19.6 Å². The van der Waals surface area contributed by atoms with E-state index in [4.69, 9.17) is 0 Å². The van der Waals surface area contributed by atoms with Crippen molar-refractivity contribution < 1.29 is 4.79 Å². The molecule has 0 saturated heterocycles. The van der Waals surface area contributed by atoms with Crippen molar-refractivity contribution in [2.75, 3.05) is 0 Å². The summed E-state index contributed by atoms with van der Waals surface area (Å²) in [5, 5.41) is 9.51. The molecule has 0 bridgehead atoms. The van der Waals surface area contributed by atoms with Crippen molar-refractivity contribution in [1.82, 2.24) is 24.6 Å². The van der Waals surface area contributed by atoms with Crippen LogP contribution in [0.1, 0.15) is 39.7 Å². The van der Waals surface area contributed by atoms with Crippen LogP contribution in [0, 0.1) is 6.92 Å². The maximum Gasteiger partial charge on any atom is 0.271 e. The molecule has 4 aromatic rings. The van der Waals surface area contributed by atoms with E-state index in [1.54, 1.807) is 18.6 Å². The molecular weight excluding hydrogens is 422 g/mol. The van der Waals surface area contributed by atoms with Crippen molar-refractivity contribution in [1.29, 1.82) is 0 Å². The highest BCUT2D eigenvalue weighted by Gasteiger charge is 2.09. The maximum absolute atomic E-state index is 12.6. The Labute approximate surface area is 199 Å². The summed E-state index contributed by atoms with van der Waals surface area (Å²) in [6.45, 7) is 9.65. The van der Waals surface area contributed by atoms with Crippen LogP contribution in [0.3, 0.4) is 0 Å². The van der Waals surface area contributed by atoms with E-state index in [2.05, 4.69) is 58.4 Å². The first-order valence-corrected chi connectivity index (χ1v) is 11.3. The minimum atomic E-state index is -0.191. The highest BCUT2D eigenvalue weighted by atomic mass is 16.1. The number of benzene rings is 2. The zero-order valence-corrected chi connectivity index (χ0v) is 19.6. The highest BCUT2D eigenvalue weighted by molar-refractivity contribution is 5.91. The van der Waals surface area contributed by atoms with E-state index in [-0.39, 0.29) is 5.91 Å². The third-order valence-electron chi connectivity index (χ3n) is 5.57. The molecule has 0 unspecified atom stereocenters. The fourth-order valence-electron chi connectivity index (χ4n) is 3.81. The van der Waals surface area contributed by atoms with Crippen LogP contribution >= 0.6 is 0 Å². The Kier molecular flexibility index (Phi) is 7.18. The lowest BCUT2D eigenvalue weighted by atomic mass is 10.1. The number of hydrogen-bond donors (Lipinski definition) is 1. The normalized spacial score (nSPS) is 12.2. The van der Waals surface area contributed by atoms with Crippen LogP contribution in [0.15, 0.2) is 80.0 Å². The highest BCUT2D eigenvalue weighted by Crippen LogP contribution is 2.09. The smallest absolute Gasteiger partial charge is 0.271 e. The Morgan fingerprint density at radius 3 is 2.44 bits per heavy atom. The molecule has 0 atom stereocenters. The predicted octanol–water partition coefficient (Wildman–Crippen LogP) is 3.18. The van der Waals surface area contributed by atoms with Gasteiger partial charge >= 0.3 is 0 Å². The van der Waals surface area contributed by atoms with E-state index in [1.165, 1.54) is 5.56 Å². The van der Waals surface area contributed by atoms with Gasteiger partial charge in [0.1, 0.15) is 5.69 Å². The minimum absolute atomic E-state index is 0.191. The summed E-state index contributed by atoms with van der Waals surface area (Å²) in [7, 11) is 0. The third-order valence-corrected chi connectivity index (χ3v) is 5.57. The second-order valence-electron chi connectivity index (χ2n) is 8.30. The summed E-state index contributed by atoms with van der Waals surface area (Å²) in [4.78, 5) is 16.9. The lowest BCUT2D eigenvalue weighted by molar-refractivity contribution is 0.0946. The van der Waals surface area contributed by atoms with Crippen molar-refractivity contribution in [2.45, 2.75) is 33.5 Å². The first-order valence-electron chi connectivity index (χ1n) is 11.3. The molecular formula is C28H29N5O. The molecule has 6 nitrogen and oxygen atoms in total. The van der Waals surface area contributed by atoms with Crippen molar-refractivity contribution >= 4 is 18.1 Å². The van der Waals surface area contributed by atoms with Crippen LogP contribution < -0.4 is 15.8 Å². The number of carbonyl (C=O) groups excluding carboxylic acids is 1. The van der Waals surface area contributed by atoms with Crippen molar-refractivity contribution in [3.63, 3.8) is 0 Å². The molecule has 4 rings (SSSR count). The maximum atomic E-state index is 12.6. The van der Waals surface area contributed by atoms with Gasteiger partial charge in [-0.2, -0.15) is 5.10 Å². The Morgan fingerprint density at radius 1 is 1.03 bits per heavy atom.